The van der Waals surface area contributed by atoms with Gasteiger partial charge in [0.2, 0.25) is 0 Å². The van der Waals surface area contributed by atoms with Crippen molar-refractivity contribution in [3.05, 3.63) is 23.7 Å². The van der Waals surface area contributed by atoms with Crippen LogP contribution in [0.25, 0.3) is 11.2 Å². The largest absolute Gasteiger partial charge is 0.308 e. The summed E-state index contributed by atoms with van der Waals surface area (Å²) in [7, 11) is 0. The van der Waals surface area contributed by atoms with E-state index in [2.05, 4.69) is 14.5 Å². The molecule has 1 fully saturated rings. The second-order valence-corrected chi connectivity index (χ2v) is 5.49. The highest BCUT2D eigenvalue weighted by molar-refractivity contribution is 6.20. The summed E-state index contributed by atoms with van der Waals surface area (Å²) in [6.07, 6.45) is 3.74. The molecular weight excluding hydrogens is 234 g/mol. The number of aromatic nitrogens is 3. The molecule has 0 radical (unpaired) electrons. The average Bonchev–Trinajstić information content (AvgIpc) is 2.55. The number of hydrogen-bond acceptors (Lipinski definition) is 2. The third kappa shape index (κ3) is 1.73. The zero-order valence-electron chi connectivity index (χ0n) is 10.2. The summed E-state index contributed by atoms with van der Waals surface area (Å²) in [5.41, 5.74) is 2.99. The van der Waals surface area contributed by atoms with Gasteiger partial charge in [0.25, 0.3) is 0 Å². The first-order chi connectivity index (χ1) is 8.16. The molecule has 0 spiro atoms. The molecule has 2 aromatic heterocycles. The third-order valence-electron chi connectivity index (χ3n) is 3.50. The monoisotopic (exact) mass is 249 g/mol. The van der Waals surface area contributed by atoms with Gasteiger partial charge in [0.05, 0.1) is 5.38 Å². The summed E-state index contributed by atoms with van der Waals surface area (Å²) >= 11 is 6.23. The minimum absolute atomic E-state index is 0.0647. The molecule has 0 bridgehead atoms. The number of nitrogens with zero attached hydrogens (tertiary/aromatic N) is 3. The molecular formula is C13H16ClN3. The number of halogens is 1. The first-order valence-electron chi connectivity index (χ1n) is 6.16. The van der Waals surface area contributed by atoms with E-state index in [-0.39, 0.29) is 5.38 Å². The molecule has 3 nitrogen and oxygen atoms in total. The molecule has 1 saturated carbocycles. The number of hydrogen-bond donors (Lipinski definition) is 0. The number of imidazole rings is 1. The van der Waals surface area contributed by atoms with Gasteiger partial charge in [-0.3, -0.25) is 0 Å². The molecule has 90 valence electrons. The second-order valence-electron chi connectivity index (χ2n) is 4.84. The summed E-state index contributed by atoms with van der Waals surface area (Å²) in [6, 6.07) is 4.59. The lowest BCUT2D eigenvalue weighted by molar-refractivity contribution is 0.312. The quantitative estimate of drug-likeness (QED) is 0.759. The van der Waals surface area contributed by atoms with E-state index >= 15 is 0 Å². The maximum atomic E-state index is 6.23. The van der Waals surface area contributed by atoms with E-state index in [1.54, 1.807) is 0 Å². The van der Waals surface area contributed by atoms with Crippen molar-refractivity contribution in [2.24, 2.45) is 0 Å². The van der Waals surface area contributed by atoms with Gasteiger partial charge in [0.1, 0.15) is 11.3 Å². The van der Waals surface area contributed by atoms with Gasteiger partial charge in [-0.1, -0.05) is 0 Å². The fourth-order valence-electron chi connectivity index (χ4n) is 2.37. The van der Waals surface area contributed by atoms with Gasteiger partial charge in [-0.15, -0.1) is 11.6 Å². The minimum atomic E-state index is -0.0647. The molecule has 1 aliphatic rings. The van der Waals surface area contributed by atoms with Gasteiger partial charge >= 0.3 is 0 Å². The van der Waals surface area contributed by atoms with E-state index in [0.717, 1.165) is 22.7 Å². The Kier molecular flexibility index (Phi) is 2.58. The highest BCUT2D eigenvalue weighted by atomic mass is 35.5. The van der Waals surface area contributed by atoms with Crippen molar-refractivity contribution in [1.82, 2.24) is 14.5 Å². The zero-order valence-corrected chi connectivity index (χ0v) is 10.9. The van der Waals surface area contributed by atoms with Gasteiger partial charge in [-0.25, -0.2) is 9.97 Å². The number of aryl methyl sites for hydroxylation is 1. The Morgan fingerprint density at radius 2 is 2.12 bits per heavy atom. The highest BCUT2D eigenvalue weighted by Crippen LogP contribution is 2.37. The van der Waals surface area contributed by atoms with Gasteiger partial charge in [-0.05, 0) is 45.2 Å². The van der Waals surface area contributed by atoms with Crippen molar-refractivity contribution in [2.45, 2.75) is 44.5 Å². The average molecular weight is 250 g/mol. The third-order valence-corrected chi connectivity index (χ3v) is 3.69. The maximum Gasteiger partial charge on any atom is 0.160 e. The van der Waals surface area contributed by atoms with Crippen LogP contribution < -0.4 is 0 Å². The summed E-state index contributed by atoms with van der Waals surface area (Å²) in [5, 5.41) is -0.0647. The molecule has 0 aromatic carbocycles. The molecule has 0 N–H and O–H groups in total. The minimum Gasteiger partial charge on any atom is -0.308 e. The standard InChI is InChI=1S/C13H16ClN3/c1-8-6-7-11-13(15-8)17(10-4-3-5-10)12(16-11)9(2)14/h6-7,9-10H,3-5H2,1-2H3. The lowest BCUT2D eigenvalue weighted by Gasteiger charge is -2.29. The Morgan fingerprint density at radius 3 is 2.71 bits per heavy atom. The molecule has 0 amide bonds. The van der Waals surface area contributed by atoms with Crippen LogP contribution in [0.2, 0.25) is 0 Å². The molecule has 4 heteroatoms. The number of rotatable bonds is 2. The van der Waals surface area contributed by atoms with Crippen molar-refractivity contribution >= 4 is 22.8 Å². The molecule has 2 aromatic rings. The number of alkyl halides is 1. The Labute approximate surface area is 106 Å². The fraction of sp³-hybridized carbons (Fsp3) is 0.538. The van der Waals surface area contributed by atoms with Crippen molar-refractivity contribution in [1.29, 1.82) is 0 Å². The van der Waals surface area contributed by atoms with E-state index in [1.165, 1.54) is 19.3 Å². The first kappa shape index (κ1) is 11.0. The molecule has 2 heterocycles. The molecule has 1 unspecified atom stereocenters. The fourth-order valence-corrected chi connectivity index (χ4v) is 2.53. The van der Waals surface area contributed by atoms with Crippen LogP contribution in [-0.2, 0) is 0 Å². The van der Waals surface area contributed by atoms with Crippen LogP contribution in [0.1, 0.15) is 49.1 Å². The van der Waals surface area contributed by atoms with Crippen molar-refractivity contribution in [3.8, 4) is 0 Å². The van der Waals surface area contributed by atoms with Crippen molar-refractivity contribution < 1.29 is 0 Å². The SMILES string of the molecule is Cc1ccc2nc(C(C)Cl)n(C3CCC3)c2n1. The Balaban J connectivity index is 2.24. The van der Waals surface area contributed by atoms with Gasteiger partial charge in [0.15, 0.2) is 5.65 Å². The Bertz CT molecular complexity index is 555. The number of fused-ring (bicyclic) bond motifs is 1. The lowest BCUT2D eigenvalue weighted by atomic mass is 9.92. The van der Waals surface area contributed by atoms with E-state index in [1.807, 2.05) is 26.0 Å². The van der Waals surface area contributed by atoms with Crippen LogP contribution in [0.3, 0.4) is 0 Å². The van der Waals surface area contributed by atoms with Crippen LogP contribution in [0, 0.1) is 6.92 Å². The second kappa shape index (κ2) is 3.98. The molecule has 1 atom stereocenters. The Morgan fingerprint density at radius 1 is 1.35 bits per heavy atom. The van der Waals surface area contributed by atoms with E-state index in [0.29, 0.717) is 6.04 Å². The first-order valence-corrected chi connectivity index (χ1v) is 6.60. The van der Waals surface area contributed by atoms with Crippen molar-refractivity contribution in [2.75, 3.05) is 0 Å². The van der Waals surface area contributed by atoms with E-state index in [4.69, 9.17) is 11.6 Å². The van der Waals surface area contributed by atoms with E-state index in [9.17, 15) is 0 Å². The predicted molar refractivity (Wildman–Crippen MR) is 69.4 cm³/mol. The van der Waals surface area contributed by atoms with Gasteiger partial charge < -0.3 is 4.57 Å². The topological polar surface area (TPSA) is 30.7 Å². The zero-order chi connectivity index (χ0) is 12.0. The Hall–Kier alpha value is -1.09. The normalized spacial score (nSPS) is 18.3. The van der Waals surface area contributed by atoms with Crippen LogP contribution in [0.5, 0.6) is 0 Å². The van der Waals surface area contributed by atoms with Crippen LogP contribution in [0.4, 0.5) is 0 Å². The molecule has 1 aliphatic carbocycles. The van der Waals surface area contributed by atoms with Crippen molar-refractivity contribution in [3.63, 3.8) is 0 Å². The molecule has 0 saturated heterocycles. The molecule has 0 aliphatic heterocycles. The highest BCUT2D eigenvalue weighted by Gasteiger charge is 2.26. The summed E-state index contributed by atoms with van der Waals surface area (Å²) in [5.74, 6) is 0.962. The van der Waals surface area contributed by atoms with Crippen LogP contribution in [0.15, 0.2) is 12.1 Å². The number of pyridine rings is 1. The summed E-state index contributed by atoms with van der Waals surface area (Å²) < 4.78 is 2.25. The van der Waals surface area contributed by atoms with E-state index < -0.39 is 0 Å². The van der Waals surface area contributed by atoms with Crippen LogP contribution in [-0.4, -0.2) is 14.5 Å². The van der Waals surface area contributed by atoms with Gasteiger partial charge in [-0.2, -0.15) is 0 Å². The molecule has 3 rings (SSSR count). The predicted octanol–water partition coefficient (Wildman–Crippen LogP) is 3.76. The summed E-state index contributed by atoms with van der Waals surface area (Å²) in [4.78, 5) is 9.25. The smallest absolute Gasteiger partial charge is 0.160 e. The maximum absolute atomic E-state index is 6.23. The lowest BCUT2D eigenvalue weighted by Crippen LogP contribution is -2.20. The summed E-state index contributed by atoms with van der Waals surface area (Å²) in [6.45, 7) is 3.99. The van der Waals surface area contributed by atoms with Crippen LogP contribution >= 0.6 is 11.6 Å². The van der Waals surface area contributed by atoms with Gasteiger partial charge in [0, 0.05) is 11.7 Å². The molecule has 17 heavy (non-hydrogen) atoms.